The molecule has 3 heterocycles. The van der Waals surface area contributed by atoms with Crippen molar-refractivity contribution in [3.8, 4) is 11.5 Å². The molecule has 2 aliphatic rings. The average Bonchev–Trinajstić information content (AvgIpc) is 3.07. The van der Waals surface area contributed by atoms with E-state index in [0.717, 1.165) is 17.1 Å². The summed E-state index contributed by atoms with van der Waals surface area (Å²) in [6.07, 6.45) is 1.23. The van der Waals surface area contributed by atoms with Crippen molar-refractivity contribution in [1.82, 2.24) is 9.97 Å². The molecule has 0 aliphatic carbocycles. The molecular formula is C17H18N4O4. The number of amides is 1. The highest BCUT2D eigenvalue weighted by molar-refractivity contribution is 5.88. The number of hydrogen-bond donors (Lipinski definition) is 1. The molecule has 1 aromatic heterocycles. The number of nitrogens with zero attached hydrogens (tertiary/aromatic N) is 3. The van der Waals surface area contributed by atoms with Crippen molar-refractivity contribution in [2.45, 2.75) is 13.0 Å². The Hall–Kier alpha value is -3.03. The highest BCUT2D eigenvalue weighted by atomic mass is 16.6. The number of cyclic esters (lactones) is 1. The van der Waals surface area contributed by atoms with Crippen LogP contribution in [-0.2, 0) is 4.74 Å². The number of carbonyl (C=O) groups excluding carboxylic acids is 1. The molecule has 1 N–H and O–H groups in total. The van der Waals surface area contributed by atoms with Crippen LogP contribution < -0.4 is 19.7 Å². The van der Waals surface area contributed by atoms with Crippen molar-refractivity contribution in [2.75, 3.05) is 36.6 Å². The van der Waals surface area contributed by atoms with Gasteiger partial charge in [0.15, 0.2) is 11.5 Å². The molecule has 130 valence electrons. The minimum Gasteiger partial charge on any atom is -0.486 e. The Morgan fingerprint density at radius 1 is 1.12 bits per heavy atom. The lowest BCUT2D eigenvalue weighted by atomic mass is 10.1. The van der Waals surface area contributed by atoms with Crippen LogP contribution in [0.5, 0.6) is 11.5 Å². The smallest absolute Gasteiger partial charge is 0.415 e. The molecule has 0 spiro atoms. The fraction of sp³-hybridized carbons (Fsp3) is 0.353. The predicted octanol–water partition coefficient (Wildman–Crippen LogP) is 2.38. The first-order valence-corrected chi connectivity index (χ1v) is 8.14. The van der Waals surface area contributed by atoms with Crippen molar-refractivity contribution in [2.24, 2.45) is 0 Å². The highest BCUT2D eigenvalue weighted by Gasteiger charge is 2.25. The fourth-order valence-electron chi connectivity index (χ4n) is 2.78. The normalized spacial score (nSPS) is 17.2. The Labute approximate surface area is 144 Å². The van der Waals surface area contributed by atoms with E-state index in [0.29, 0.717) is 38.1 Å². The molecule has 1 amide bonds. The van der Waals surface area contributed by atoms with Gasteiger partial charge in [-0.3, -0.25) is 4.90 Å². The number of rotatable bonds is 4. The van der Waals surface area contributed by atoms with Crippen molar-refractivity contribution in [3.05, 3.63) is 36.0 Å². The number of anilines is 2. The van der Waals surface area contributed by atoms with Crippen LogP contribution in [0.1, 0.15) is 18.5 Å². The topological polar surface area (TPSA) is 85.8 Å². The van der Waals surface area contributed by atoms with E-state index >= 15 is 0 Å². The summed E-state index contributed by atoms with van der Waals surface area (Å²) in [4.78, 5) is 21.8. The lowest BCUT2D eigenvalue weighted by Crippen LogP contribution is -2.25. The fourth-order valence-corrected chi connectivity index (χ4v) is 2.78. The minimum atomic E-state index is -0.385. The Balaban J connectivity index is 1.51. The van der Waals surface area contributed by atoms with Gasteiger partial charge < -0.3 is 19.5 Å². The van der Waals surface area contributed by atoms with Gasteiger partial charge in [-0.05, 0) is 30.7 Å². The highest BCUT2D eigenvalue weighted by Crippen LogP contribution is 2.33. The molecule has 2 aromatic rings. The maximum Gasteiger partial charge on any atom is 0.415 e. The number of ether oxygens (including phenoxy) is 3. The van der Waals surface area contributed by atoms with Gasteiger partial charge in [-0.2, -0.15) is 4.98 Å². The molecule has 0 bridgehead atoms. The minimum absolute atomic E-state index is 0.0448. The van der Waals surface area contributed by atoms with Crippen LogP contribution in [0, 0.1) is 0 Å². The Kier molecular flexibility index (Phi) is 4.01. The standard InChI is InChI=1S/C17H18N4O4/c1-11(12-2-3-13-14(10-12)24-9-8-23-13)19-16-18-5-4-15(20-16)21-6-7-25-17(21)22/h2-5,10-11H,6-9H2,1H3,(H,18,19,20). The van der Waals surface area contributed by atoms with Gasteiger partial charge in [0.1, 0.15) is 25.6 Å². The number of hydrogen-bond acceptors (Lipinski definition) is 7. The molecule has 8 heteroatoms. The van der Waals surface area contributed by atoms with E-state index in [-0.39, 0.29) is 12.1 Å². The quantitative estimate of drug-likeness (QED) is 0.913. The molecule has 1 atom stereocenters. The molecule has 2 aliphatic heterocycles. The summed E-state index contributed by atoms with van der Waals surface area (Å²) in [6, 6.07) is 7.48. The summed E-state index contributed by atoms with van der Waals surface area (Å²) < 4.78 is 16.1. The van der Waals surface area contributed by atoms with Gasteiger partial charge in [0.2, 0.25) is 5.95 Å². The summed E-state index contributed by atoms with van der Waals surface area (Å²) in [7, 11) is 0. The summed E-state index contributed by atoms with van der Waals surface area (Å²) in [5.74, 6) is 2.47. The van der Waals surface area contributed by atoms with Gasteiger partial charge in [0, 0.05) is 6.20 Å². The molecule has 25 heavy (non-hydrogen) atoms. The second kappa shape index (κ2) is 6.46. The van der Waals surface area contributed by atoms with E-state index < -0.39 is 0 Å². The van der Waals surface area contributed by atoms with Gasteiger partial charge >= 0.3 is 6.09 Å². The number of nitrogens with one attached hydrogen (secondary N) is 1. The lowest BCUT2D eigenvalue weighted by molar-refractivity contribution is 0.171. The summed E-state index contributed by atoms with van der Waals surface area (Å²) in [6.45, 7) is 3.99. The van der Waals surface area contributed by atoms with Gasteiger partial charge in [-0.15, -0.1) is 0 Å². The number of aromatic nitrogens is 2. The van der Waals surface area contributed by atoms with Crippen LogP contribution in [0.4, 0.5) is 16.6 Å². The first-order chi connectivity index (χ1) is 12.2. The van der Waals surface area contributed by atoms with Crippen LogP contribution in [0.25, 0.3) is 0 Å². The van der Waals surface area contributed by atoms with Crippen LogP contribution in [0.3, 0.4) is 0 Å². The molecular weight excluding hydrogens is 324 g/mol. The zero-order chi connectivity index (χ0) is 17.2. The molecule has 0 radical (unpaired) electrons. The van der Waals surface area contributed by atoms with Gasteiger partial charge in [0.25, 0.3) is 0 Å². The Morgan fingerprint density at radius 2 is 1.96 bits per heavy atom. The third kappa shape index (κ3) is 3.15. The third-order valence-electron chi connectivity index (χ3n) is 4.09. The van der Waals surface area contributed by atoms with Crippen LogP contribution in [-0.4, -0.2) is 42.4 Å². The van der Waals surface area contributed by atoms with E-state index in [4.69, 9.17) is 14.2 Å². The van der Waals surface area contributed by atoms with Gasteiger partial charge in [-0.25, -0.2) is 9.78 Å². The number of carbonyl (C=O) groups is 1. The van der Waals surface area contributed by atoms with Gasteiger partial charge in [-0.1, -0.05) is 6.07 Å². The van der Waals surface area contributed by atoms with Gasteiger partial charge in [0.05, 0.1) is 12.6 Å². The summed E-state index contributed by atoms with van der Waals surface area (Å²) in [5.41, 5.74) is 1.03. The SMILES string of the molecule is CC(Nc1nccc(N2CCOC2=O)n1)c1ccc2c(c1)OCCO2. The maximum atomic E-state index is 11.7. The molecule has 4 rings (SSSR count). The van der Waals surface area contributed by atoms with E-state index in [1.165, 1.54) is 4.90 Å². The third-order valence-corrected chi connectivity index (χ3v) is 4.09. The first kappa shape index (κ1) is 15.5. The Bertz CT molecular complexity index is 798. The van der Waals surface area contributed by atoms with Crippen LogP contribution in [0.2, 0.25) is 0 Å². The number of benzene rings is 1. The van der Waals surface area contributed by atoms with Crippen molar-refractivity contribution >= 4 is 17.9 Å². The molecule has 1 unspecified atom stereocenters. The predicted molar refractivity (Wildman–Crippen MR) is 90.2 cm³/mol. The molecule has 1 aromatic carbocycles. The van der Waals surface area contributed by atoms with E-state index in [1.807, 2.05) is 25.1 Å². The van der Waals surface area contributed by atoms with Crippen molar-refractivity contribution in [3.63, 3.8) is 0 Å². The van der Waals surface area contributed by atoms with E-state index in [9.17, 15) is 4.79 Å². The lowest BCUT2D eigenvalue weighted by Gasteiger charge is -2.21. The molecule has 1 saturated heterocycles. The monoisotopic (exact) mass is 342 g/mol. The molecule has 8 nitrogen and oxygen atoms in total. The number of fused-ring (bicyclic) bond motifs is 1. The maximum absolute atomic E-state index is 11.7. The summed E-state index contributed by atoms with van der Waals surface area (Å²) in [5, 5.41) is 3.25. The summed E-state index contributed by atoms with van der Waals surface area (Å²) >= 11 is 0. The van der Waals surface area contributed by atoms with Crippen molar-refractivity contribution < 1.29 is 19.0 Å². The second-order valence-corrected chi connectivity index (χ2v) is 5.77. The zero-order valence-electron chi connectivity index (χ0n) is 13.8. The Morgan fingerprint density at radius 3 is 2.76 bits per heavy atom. The average molecular weight is 342 g/mol. The second-order valence-electron chi connectivity index (χ2n) is 5.77. The first-order valence-electron chi connectivity index (χ1n) is 8.14. The van der Waals surface area contributed by atoms with Crippen LogP contribution in [0.15, 0.2) is 30.5 Å². The van der Waals surface area contributed by atoms with E-state index in [2.05, 4.69) is 15.3 Å². The largest absolute Gasteiger partial charge is 0.486 e. The molecule has 1 fully saturated rings. The van der Waals surface area contributed by atoms with Crippen LogP contribution >= 0.6 is 0 Å². The van der Waals surface area contributed by atoms with Crippen molar-refractivity contribution in [1.29, 1.82) is 0 Å². The van der Waals surface area contributed by atoms with E-state index in [1.54, 1.807) is 12.3 Å². The molecule has 0 saturated carbocycles. The zero-order valence-corrected chi connectivity index (χ0v) is 13.8.